The summed E-state index contributed by atoms with van der Waals surface area (Å²) in [5, 5.41) is 7.15. The third-order valence-corrected chi connectivity index (χ3v) is 5.60. The Balaban J connectivity index is 0.00000182. The van der Waals surface area contributed by atoms with Gasteiger partial charge < -0.3 is 20.1 Å². The summed E-state index contributed by atoms with van der Waals surface area (Å²) in [5.74, 6) is 2.68. The van der Waals surface area contributed by atoms with Crippen molar-refractivity contribution < 1.29 is 9.47 Å². The Morgan fingerprint density at radius 2 is 1.92 bits per heavy atom. The van der Waals surface area contributed by atoms with Crippen LogP contribution in [0.25, 0.3) is 0 Å². The first-order valence-electron chi connectivity index (χ1n) is 9.16. The summed E-state index contributed by atoms with van der Waals surface area (Å²) in [4.78, 5) is 4.41. The van der Waals surface area contributed by atoms with Crippen LogP contribution in [-0.2, 0) is 5.41 Å². The standard InChI is InChI=1S/C19H27N3O2.HI/c1-20-18(22-15-5-3-2-4-6-15)21-12-19(9-10-19)14-7-8-16-17(11-14)24-13-23-16;/h7-8,11,15H,2-6,9-10,12-13H2,1H3,(H2,20,21,22);1H. The summed E-state index contributed by atoms with van der Waals surface area (Å²) in [5.41, 5.74) is 1.55. The fourth-order valence-electron chi connectivity index (χ4n) is 3.83. The lowest BCUT2D eigenvalue weighted by atomic mass is 9.95. The van der Waals surface area contributed by atoms with Crippen LogP contribution in [0, 0.1) is 0 Å². The number of aliphatic imine (C=N–C) groups is 1. The highest BCUT2D eigenvalue weighted by Gasteiger charge is 2.44. The lowest BCUT2D eigenvalue weighted by Crippen LogP contribution is -2.46. The van der Waals surface area contributed by atoms with E-state index in [4.69, 9.17) is 9.47 Å². The SMILES string of the molecule is CN=C(NCC1(c2ccc3c(c2)OCO3)CC1)NC1CCCCC1.I. The van der Waals surface area contributed by atoms with E-state index in [9.17, 15) is 0 Å². The Labute approximate surface area is 167 Å². The van der Waals surface area contributed by atoms with Crippen LogP contribution in [0.1, 0.15) is 50.5 Å². The van der Waals surface area contributed by atoms with E-state index in [0.717, 1.165) is 24.0 Å². The summed E-state index contributed by atoms with van der Waals surface area (Å²) < 4.78 is 11.0. The lowest BCUT2D eigenvalue weighted by Gasteiger charge is -2.26. The van der Waals surface area contributed by atoms with Crippen LogP contribution in [0.3, 0.4) is 0 Å². The van der Waals surface area contributed by atoms with E-state index in [1.165, 1.54) is 50.5 Å². The second kappa shape index (κ2) is 8.01. The molecular formula is C19H28IN3O2. The van der Waals surface area contributed by atoms with Crippen LogP contribution >= 0.6 is 24.0 Å². The molecule has 1 aliphatic heterocycles. The fraction of sp³-hybridized carbons (Fsp3) is 0.632. The van der Waals surface area contributed by atoms with E-state index in [-0.39, 0.29) is 29.4 Å². The summed E-state index contributed by atoms with van der Waals surface area (Å²) in [6.07, 6.45) is 8.96. The van der Waals surface area contributed by atoms with Gasteiger partial charge in [-0.05, 0) is 43.4 Å². The van der Waals surface area contributed by atoms with Crippen molar-refractivity contribution >= 4 is 29.9 Å². The number of fused-ring (bicyclic) bond motifs is 1. The highest BCUT2D eigenvalue weighted by atomic mass is 127. The molecule has 2 saturated carbocycles. The molecule has 4 rings (SSSR count). The van der Waals surface area contributed by atoms with Crippen molar-refractivity contribution in [1.29, 1.82) is 0 Å². The van der Waals surface area contributed by atoms with Crippen LogP contribution in [0.15, 0.2) is 23.2 Å². The molecule has 2 N–H and O–H groups in total. The highest BCUT2D eigenvalue weighted by molar-refractivity contribution is 14.0. The normalized spacial score (nSPS) is 21.4. The zero-order valence-electron chi connectivity index (χ0n) is 14.8. The minimum absolute atomic E-state index is 0. The topological polar surface area (TPSA) is 54.9 Å². The number of benzene rings is 1. The molecule has 0 radical (unpaired) electrons. The average Bonchev–Trinajstić information content (AvgIpc) is 3.27. The molecule has 138 valence electrons. The van der Waals surface area contributed by atoms with Crippen LogP contribution in [0.5, 0.6) is 11.5 Å². The average molecular weight is 457 g/mol. The van der Waals surface area contributed by atoms with Gasteiger partial charge in [0.05, 0.1) is 0 Å². The number of hydrogen-bond acceptors (Lipinski definition) is 3. The van der Waals surface area contributed by atoms with Crippen LogP contribution in [-0.4, -0.2) is 32.4 Å². The van der Waals surface area contributed by atoms with Gasteiger partial charge in [-0.15, -0.1) is 24.0 Å². The molecule has 0 spiro atoms. The van der Waals surface area contributed by atoms with Crippen LogP contribution in [0.4, 0.5) is 0 Å². The van der Waals surface area contributed by atoms with Gasteiger partial charge in [0.15, 0.2) is 17.5 Å². The first-order valence-corrected chi connectivity index (χ1v) is 9.16. The van der Waals surface area contributed by atoms with E-state index < -0.39 is 0 Å². The Kier molecular flexibility index (Phi) is 5.96. The van der Waals surface area contributed by atoms with Gasteiger partial charge in [-0.1, -0.05) is 25.3 Å². The maximum atomic E-state index is 5.53. The van der Waals surface area contributed by atoms with E-state index in [1.54, 1.807) is 0 Å². The molecule has 1 aromatic carbocycles. The lowest BCUT2D eigenvalue weighted by molar-refractivity contribution is 0.174. The Bertz CT molecular complexity index is 625. The van der Waals surface area contributed by atoms with Gasteiger partial charge in [0, 0.05) is 25.0 Å². The van der Waals surface area contributed by atoms with E-state index in [1.807, 2.05) is 13.1 Å². The molecule has 0 atom stereocenters. The number of guanidine groups is 1. The Morgan fingerprint density at radius 3 is 2.64 bits per heavy atom. The van der Waals surface area contributed by atoms with E-state index in [2.05, 4.69) is 27.8 Å². The highest BCUT2D eigenvalue weighted by Crippen LogP contribution is 2.49. The van der Waals surface area contributed by atoms with Gasteiger partial charge in [0.25, 0.3) is 0 Å². The summed E-state index contributed by atoms with van der Waals surface area (Å²) in [6, 6.07) is 6.94. The van der Waals surface area contributed by atoms with Gasteiger partial charge in [0.1, 0.15) is 0 Å². The monoisotopic (exact) mass is 457 g/mol. The molecule has 25 heavy (non-hydrogen) atoms. The van der Waals surface area contributed by atoms with Crippen molar-refractivity contribution in [2.24, 2.45) is 4.99 Å². The minimum atomic E-state index is 0. The minimum Gasteiger partial charge on any atom is -0.454 e. The third-order valence-electron chi connectivity index (χ3n) is 5.60. The number of halogens is 1. The van der Waals surface area contributed by atoms with Gasteiger partial charge in [-0.25, -0.2) is 0 Å². The van der Waals surface area contributed by atoms with Crippen molar-refractivity contribution in [3.05, 3.63) is 23.8 Å². The predicted octanol–water partition coefficient (Wildman–Crippen LogP) is 3.56. The second-order valence-electron chi connectivity index (χ2n) is 7.25. The number of nitrogens with zero attached hydrogens (tertiary/aromatic N) is 1. The van der Waals surface area contributed by atoms with Crippen molar-refractivity contribution in [1.82, 2.24) is 10.6 Å². The molecule has 3 aliphatic rings. The van der Waals surface area contributed by atoms with Crippen LogP contribution in [0.2, 0.25) is 0 Å². The number of hydrogen-bond donors (Lipinski definition) is 2. The Morgan fingerprint density at radius 1 is 1.16 bits per heavy atom. The molecule has 2 fully saturated rings. The quantitative estimate of drug-likeness (QED) is 0.413. The van der Waals surface area contributed by atoms with Crippen LogP contribution < -0.4 is 20.1 Å². The van der Waals surface area contributed by atoms with E-state index >= 15 is 0 Å². The zero-order valence-corrected chi connectivity index (χ0v) is 17.2. The predicted molar refractivity (Wildman–Crippen MR) is 110 cm³/mol. The van der Waals surface area contributed by atoms with Gasteiger partial charge in [-0.2, -0.15) is 0 Å². The van der Waals surface area contributed by atoms with Crippen molar-refractivity contribution in [3.63, 3.8) is 0 Å². The second-order valence-corrected chi connectivity index (χ2v) is 7.25. The zero-order chi connectivity index (χ0) is 16.4. The largest absolute Gasteiger partial charge is 0.454 e. The molecule has 0 amide bonds. The van der Waals surface area contributed by atoms with Gasteiger partial charge in [-0.3, -0.25) is 4.99 Å². The number of ether oxygens (including phenoxy) is 2. The first kappa shape index (κ1) is 18.6. The molecule has 1 heterocycles. The maximum absolute atomic E-state index is 5.53. The van der Waals surface area contributed by atoms with Crippen molar-refractivity contribution in [2.75, 3.05) is 20.4 Å². The summed E-state index contributed by atoms with van der Waals surface area (Å²) >= 11 is 0. The third kappa shape index (κ3) is 4.15. The van der Waals surface area contributed by atoms with Crippen molar-refractivity contribution in [3.8, 4) is 11.5 Å². The first-order chi connectivity index (χ1) is 11.8. The molecule has 5 nitrogen and oxygen atoms in total. The van der Waals surface area contributed by atoms with Gasteiger partial charge in [0.2, 0.25) is 6.79 Å². The molecule has 0 saturated heterocycles. The summed E-state index contributed by atoms with van der Waals surface area (Å²) in [6.45, 7) is 1.25. The molecule has 0 unspecified atom stereocenters. The fourth-order valence-corrected chi connectivity index (χ4v) is 3.83. The Hall–Kier alpha value is -1.18. The summed E-state index contributed by atoms with van der Waals surface area (Å²) in [7, 11) is 1.86. The molecule has 1 aromatic rings. The molecule has 0 bridgehead atoms. The maximum Gasteiger partial charge on any atom is 0.231 e. The molecule has 6 heteroatoms. The number of nitrogens with one attached hydrogen (secondary N) is 2. The molecule has 0 aromatic heterocycles. The smallest absolute Gasteiger partial charge is 0.231 e. The van der Waals surface area contributed by atoms with Crippen molar-refractivity contribution in [2.45, 2.75) is 56.4 Å². The van der Waals surface area contributed by atoms with Gasteiger partial charge >= 0.3 is 0 Å². The molecule has 2 aliphatic carbocycles. The molecular weight excluding hydrogens is 429 g/mol. The number of rotatable bonds is 4. The van der Waals surface area contributed by atoms with E-state index in [0.29, 0.717) is 12.8 Å².